The Bertz CT molecular complexity index is 817. The minimum absolute atomic E-state index is 0.313. The highest BCUT2D eigenvalue weighted by molar-refractivity contribution is 5.86. The van der Waals surface area contributed by atoms with Gasteiger partial charge in [-0.3, -0.25) is 9.48 Å². The number of aryl methyl sites for hydroxylation is 2. The first kappa shape index (κ1) is 14.2. The highest BCUT2D eigenvalue weighted by Crippen LogP contribution is 2.25. The van der Waals surface area contributed by atoms with E-state index in [-0.39, 0.29) is 5.82 Å². The van der Waals surface area contributed by atoms with Crippen LogP contribution in [-0.4, -0.2) is 25.8 Å². The molecule has 0 atom stereocenters. The monoisotopic (exact) mass is 298 g/mol. The van der Waals surface area contributed by atoms with Crippen LogP contribution in [0.5, 0.6) is 0 Å². The second-order valence-electron chi connectivity index (χ2n) is 4.96. The zero-order valence-corrected chi connectivity index (χ0v) is 12.3. The maximum Gasteiger partial charge on any atom is 0.153 e. The van der Waals surface area contributed by atoms with Crippen molar-refractivity contribution in [3.63, 3.8) is 0 Å². The second kappa shape index (κ2) is 5.55. The van der Waals surface area contributed by atoms with Crippen molar-refractivity contribution < 1.29 is 9.18 Å². The van der Waals surface area contributed by atoms with E-state index in [1.165, 1.54) is 12.1 Å². The first-order valence-electron chi connectivity index (χ1n) is 6.97. The van der Waals surface area contributed by atoms with E-state index in [4.69, 9.17) is 0 Å². The van der Waals surface area contributed by atoms with Crippen LogP contribution >= 0.6 is 0 Å². The van der Waals surface area contributed by atoms with Crippen molar-refractivity contribution in [1.29, 1.82) is 0 Å². The minimum Gasteiger partial charge on any atom is -0.298 e. The number of aldehydes is 1. The van der Waals surface area contributed by atoms with Crippen molar-refractivity contribution in [2.24, 2.45) is 0 Å². The van der Waals surface area contributed by atoms with Gasteiger partial charge < -0.3 is 0 Å². The van der Waals surface area contributed by atoms with Crippen LogP contribution in [0.15, 0.2) is 36.7 Å². The number of benzene rings is 1. The fraction of sp³-hybridized carbons (Fsp3) is 0.188. The molecule has 3 aromatic rings. The molecular weight excluding hydrogens is 283 g/mol. The zero-order valence-electron chi connectivity index (χ0n) is 12.3. The van der Waals surface area contributed by atoms with Gasteiger partial charge in [0.05, 0.1) is 16.9 Å². The van der Waals surface area contributed by atoms with Crippen LogP contribution in [0.4, 0.5) is 4.39 Å². The Morgan fingerprint density at radius 1 is 1.18 bits per heavy atom. The third-order valence-electron chi connectivity index (χ3n) is 3.49. The van der Waals surface area contributed by atoms with Crippen LogP contribution in [-0.2, 0) is 6.54 Å². The molecule has 2 heterocycles. The molecule has 112 valence electrons. The molecule has 0 unspecified atom stereocenters. The van der Waals surface area contributed by atoms with Gasteiger partial charge in [0.2, 0.25) is 0 Å². The van der Waals surface area contributed by atoms with Crippen molar-refractivity contribution >= 4 is 6.29 Å². The standard InChI is InChI=1S/C16H15FN4O/c1-3-20-9-15(11(2)18-20)16-12(10-22)8-21(19-16)14-6-4-13(17)5-7-14/h4-10H,3H2,1-2H3. The number of hydrogen-bond acceptors (Lipinski definition) is 3. The molecule has 0 aliphatic carbocycles. The summed E-state index contributed by atoms with van der Waals surface area (Å²) < 4.78 is 16.4. The average Bonchev–Trinajstić information content (AvgIpc) is 3.11. The predicted molar refractivity (Wildman–Crippen MR) is 80.5 cm³/mol. The number of nitrogens with zero attached hydrogens (tertiary/aromatic N) is 4. The van der Waals surface area contributed by atoms with Gasteiger partial charge in [-0.15, -0.1) is 0 Å². The van der Waals surface area contributed by atoms with Gasteiger partial charge in [0.1, 0.15) is 11.5 Å². The lowest BCUT2D eigenvalue weighted by molar-refractivity contribution is 0.112. The number of carbonyl (C=O) groups is 1. The average molecular weight is 298 g/mol. The molecule has 2 aromatic heterocycles. The lowest BCUT2D eigenvalue weighted by Gasteiger charge is -2.00. The molecule has 1 aromatic carbocycles. The van der Waals surface area contributed by atoms with Crippen LogP contribution in [0.25, 0.3) is 16.9 Å². The Morgan fingerprint density at radius 3 is 2.50 bits per heavy atom. The van der Waals surface area contributed by atoms with Gasteiger partial charge in [-0.05, 0) is 38.1 Å². The molecule has 3 rings (SSSR count). The summed E-state index contributed by atoms with van der Waals surface area (Å²) in [4.78, 5) is 11.3. The maximum absolute atomic E-state index is 13.0. The molecule has 0 aliphatic rings. The van der Waals surface area contributed by atoms with Crippen molar-refractivity contribution in [3.05, 3.63) is 53.7 Å². The predicted octanol–water partition coefficient (Wildman–Crippen LogP) is 3.02. The summed E-state index contributed by atoms with van der Waals surface area (Å²) in [7, 11) is 0. The summed E-state index contributed by atoms with van der Waals surface area (Å²) in [5, 5.41) is 8.85. The summed E-state index contributed by atoms with van der Waals surface area (Å²) in [6, 6.07) is 5.95. The fourth-order valence-electron chi connectivity index (χ4n) is 2.32. The van der Waals surface area contributed by atoms with Gasteiger partial charge >= 0.3 is 0 Å². The molecule has 5 nitrogen and oxygen atoms in total. The Balaban J connectivity index is 2.10. The summed E-state index contributed by atoms with van der Waals surface area (Å²) in [6.45, 7) is 4.62. The van der Waals surface area contributed by atoms with Crippen molar-refractivity contribution in [3.8, 4) is 16.9 Å². The molecule has 0 aliphatic heterocycles. The number of aromatic nitrogens is 4. The highest BCUT2D eigenvalue weighted by atomic mass is 19.1. The molecule has 0 radical (unpaired) electrons. The molecule has 0 saturated carbocycles. The number of carbonyl (C=O) groups excluding carboxylic acids is 1. The van der Waals surface area contributed by atoms with Gasteiger partial charge in [-0.2, -0.15) is 10.2 Å². The van der Waals surface area contributed by atoms with E-state index in [2.05, 4.69) is 10.2 Å². The lowest BCUT2D eigenvalue weighted by Crippen LogP contribution is -1.95. The molecule has 0 spiro atoms. The van der Waals surface area contributed by atoms with Crippen LogP contribution in [0, 0.1) is 12.7 Å². The molecule has 22 heavy (non-hydrogen) atoms. The molecule has 0 fully saturated rings. The Kier molecular flexibility index (Phi) is 3.58. The Labute approximate surface area is 127 Å². The van der Waals surface area contributed by atoms with E-state index in [0.29, 0.717) is 16.9 Å². The smallest absolute Gasteiger partial charge is 0.153 e. The van der Waals surface area contributed by atoms with E-state index < -0.39 is 0 Å². The SMILES string of the molecule is CCn1cc(-c2nn(-c3ccc(F)cc3)cc2C=O)c(C)n1. The van der Waals surface area contributed by atoms with E-state index in [9.17, 15) is 9.18 Å². The molecule has 0 N–H and O–H groups in total. The first-order valence-corrected chi connectivity index (χ1v) is 6.97. The van der Waals surface area contributed by atoms with E-state index in [1.54, 1.807) is 27.7 Å². The van der Waals surface area contributed by atoms with E-state index >= 15 is 0 Å². The van der Waals surface area contributed by atoms with Crippen molar-refractivity contribution in [2.75, 3.05) is 0 Å². The normalized spacial score (nSPS) is 10.9. The summed E-state index contributed by atoms with van der Waals surface area (Å²) >= 11 is 0. The van der Waals surface area contributed by atoms with Crippen LogP contribution < -0.4 is 0 Å². The van der Waals surface area contributed by atoms with Crippen LogP contribution in [0.2, 0.25) is 0 Å². The molecule has 0 bridgehead atoms. The van der Waals surface area contributed by atoms with Crippen LogP contribution in [0.1, 0.15) is 23.0 Å². The molecule has 6 heteroatoms. The first-order chi connectivity index (χ1) is 10.6. The number of halogens is 1. The maximum atomic E-state index is 13.0. The quantitative estimate of drug-likeness (QED) is 0.696. The van der Waals surface area contributed by atoms with Gasteiger partial charge in [-0.25, -0.2) is 9.07 Å². The van der Waals surface area contributed by atoms with Gasteiger partial charge in [0, 0.05) is 24.5 Å². The summed E-state index contributed by atoms with van der Waals surface area (Å²) in [5.41, 5.74) is 3.38. The van der Waals surface area contributed by atoms with Crippen molar-refractivity contribution in [2.45, 2.75) is 20.4 Å². The molecule has 0 amide bonds. The lowest BCUT2D eigenvalue weighted by atomic mass is 10.1. The third-order valence-corrected chi connectivity index (χ3v) is 3.49. The number of rotatable bonds is 4. The Hall–Kier alpha value is -2.76. The number of hydrogen-bond donors (Lipinski definition) is 0. The van der Waals surface area contributed by atoms with Gasteiger partial charge in [0.15, 0.2) is 6.29 Å². The van der Waals surface area contributed by atoms with E-state index in [0.717, 1.165) is 24.1 Å². The Morgan fingerprint density at radius 2 is 1.91 bits per heavy atom. The summed E-state index contributed by atoms with van der Waals surface area (Å²) in [5.74, 6) is -0.313. The summed E-state index contributed by atoms with van der Waals surface area (Å²) in [6.07, 6.45) is 4.28. The fourth-order valence-corrected chi connectivity index (χ4v) is 2.32. The zero-order chi connectivity index (χ0) is 15.7. The van der Waals surface area contributed by atoms with Gasteiger partial charge in [-0.1, -0.05) is 0 Å². The van der Waals surface area contributed by atoms with Crippen molar-refractivity contribution in [1.82, 2.24) is 19.6 Å². The second-order valence-corrected chi connectivity index (χ2v) is 4.96. The third kappa shape index (κ3) is 2.43. The highest BCUT2D eigenvalue weighted by Gasteiger charge is 2.16. The molecular formula is C16H15FN4O. The topological polar surface area (TPSA) is 52.7 Å². The van der Waals surface area contributed by atoms with Gasteiger partial charge in [0.25, 0.3) is 0 Å². The molecule has 0 saturated heterocycles. The minimum atomic E-state index is -0.313. The van der Waals surface area contributed by atoms with Crippen LogP contribution in [0.3, 0.4) is 0 Å². The largest absolute Gasteiger partial charge is 0.298 e. The van der Waals surface area contributed by atoms with E-state index in [1.807, 2.05) is 20.0 Å².